The van der Waals surface area contributed by atoms with E-state index in [0.717, 1.165) is 99.1 Å². The van der Waals surface area contributed by atoms with E-state index in [0.29, 0.717) is 170 Å². The Balaban J connectivity index is 0.000000108. The van der Waals surface area contributed by atoms with Crippen molar-refractivity contribution in [3.63, 3.8) is 0 Å². The van der Waals surface area contributed by atoms with Gasteiger partial charge in [0.1, 0.15) is 67.8 Å². The third-order valence-electron chi connectivity index (χ3n) is 23.4. The molecule has 0 fully saturated rings. The number of benzene rings is 12. The van der Waals surface area contributed by atoms with Crippen molar-refractivity contribution in [2.75, 3.05) is 0 Å². The Bertz CT molecular complexity index is 8370. The Kier molecular flexibility index (Phi) is 17.1. The molecule has 27 rings (SSSR count). The minimum Gasteiger partial charge on any atom is -0.545 e. The minimum absolute atomic E-state index is 0. The first-order valence-corrected chi connectivity index (χ1v) is 40.7. The molecule has 9 aromatic heterocycles. The van der Waals surface area contributed by atoms with Crippen LogP contribution in [-0.2, 0) is 17.1 Å². The van der Waals surface area contributed by atoms with Crippen molar-refractivity contribution >= 4 is 150 Å². The Morgan fingerprint density at radius 2 is 0.292 bits per heavy atom. The number of carbonyl (C=O) groups excluding carboxylic acids is 3. The van der Waals surface area contributed by atoms with Crippen LogP contribution in [0, 0.1) is 0 Å². The molecule has 0 atom stereocenters. The molecule has 12 aromatic carbocycles. The Morgan fingerprint density at radius 3 is 0.454 bits per heavy atom. The van der Waals surface area contributed by atoms with Crippen LogP contribution in [0.15, 0.2) is 273 Å². The van der Waals surface area contributed by atoms with E-state index in [1.54, 1.807) is 36.4 Å². The van der Waals surface area contributed by atoms with Crippen molar-refractivity contribution in [3.05, 3.63) is 290 Å². The summed E-state index contributed by atoms with van der Waals surface area (Å²) in [4.78, 5) is 145. The second-order valence-corrected chi connectivity index (χ2v) is 30.8. The van der Waals surface area contributed by atoms with Gasteiger partial charge in [0.15, 0.2) is 69.9 Å². The fraction of sp³-hybridized carbons (Fsp3) is 0. The maximum absolute atomic E-state index is 12.2. The number of aromatic nitrogens is 24. The number of hydrogen-bond acceptors (Lipinski definition) is 24. The summed E-state index contributed by atoms with van der Waals surface area (Å²) in [6.45, 7) is 0. The van der Waals surface area contributed by atoms with Crippen LogP contribution in [0.4, 0.5) is 0 Å². The standard InChI is InChI=1S/3C33H18N8O2.Fe/c3*42-33(43)23-15-7-14-22-24(23)32-40-30-21-13-6-5-12-20(21)28(38-30)36-26-17-9-2-1-8-16(17)25(34-26)35-27-18-10-3-4-11-19(18)29(37-27)39-31(22)41-32;/h3*1-15H,(H,42,43)(H2,34,35,36,37,38,39,40,41);/q;;;+3/p-3. The number of nitrogens with zero attached hydrogens (tertiary/aromatic N) is 18. The molecule has 0 spiro atoms. The second-order valence-electron chi connectivity index (χ2n) is 30.8. The summed E-state index contributed by atoms with van der Waals surface area (Å²) in [6, 6.07) is 84.7. The van der Waals surface area contributed by atoms with Gasteiger partial charge in [0.25, 0.3) is 0 Å². The fourth-order valence-corrected chi connectivity index (χ4v) is 17.6. The molecule has 0 aliphatic carbocycles. The van der Waals surface area contributed by atoms with Crippen LogP contribution in [0.2, 0.25) is 0 Å². The van der Waals surface area contributed by atoms with Gasteiger partial charge in [0.2, 0.25) is 0 Å². The van der Waals surface area contributed by atoms with Crippen LogP contribution >= 0.6 is 0 Å². The van der Waals surface area contributed by atoms with Gasteiger partial charge in [-0.25, -0.2) is 89.7 Å². The van der Waals surface area contributed by atoms with Gasteiger partial charge >= 0.3 is 17.1 Å². The number of hydrogen-bond donors (Lipinski definition) is 6. The molecule has 15 heterocycles. The summed E-state index contributed by atoms with van der Waals surface area (Å²) in [5.74, 6) is 1.45. The second kappa shape index (κ2) is 29.4. The summed E-state index contributed by atoms with van der Waals surface area (Å²) >= 11 is 0. The third kappa shape index (κ3) is 12.1. The van der Waals surface area contributed by atoms with E-state index in [-0.39, 0.29) is 33.8 Å². The van der Waals surface area contributed by atoms with Crippen molar-refractivity contribution in [3.8, 4) is 137 Å². The molecule has 6 aliphatic heterocycles. The number of carboxylic acids is 3. The van der Waals surface area contributed by atoms with Crippen LogP contribution in [0.5, 0.6) is 0 Å². The van der Waals surface area contributed by atoms with Crippen molar-refractivity contribution in [2.45, 2.75) is 0 Å². The van der Waals surface area contributed by atoms with E-state index < -0.39 is 17.9 Å². The number of aromatic carboxylic acids is 3. The van der Waals surface area contributed by atoms with Crippen LogP contribution in [-0.4, -0.2) is 138 Å². The average molecular weight is 1730 g/mol. The van der Waals surface area contributed by atoms with E-state index in [4.69, 9.17) is 89.7 Å². The Hall–Kier alpha value is -18.4. The first-order chi connectivity index (χ1) is 63.4. The van der Waals surface area contributed by atoms with Crippen LogP contribution < -0.4 is 15.3 Å². The molecule has 0 saturated heterocycles. The van der Waals surface area contributed by atoms with E-state index in [2.05, 4.69) is 29.9 Å². The van der Waals surface area contributed by atoms with Crippen molar-refractivity contribution < 1.29 is 46.8 Å². The molecule has 130 heavy (non-hydrogen) atoms. The zero-order chi connectivity index (χ0) is 86.0. The molecular weight excluding hydrogens is 1680 g/mol. The normalized spacial score (nSPS) is 11.8. The molecule has 31 heteroatoms. The molecule has 0 unspecified atom stereocenters. The molecule has 0 amide bonds. The Labute approximate surface area is 738 Å². The number of carboxylic acid groups (broad SMARTS) is 3. The summed E-state index contributed by atoms with van der Waals surface area (Å²) in [5, 5.41) is 44.8. The molecule has 30 nitrogen and oxygen atoms in total. The van der Waals surface area contributed by atoms with Crippen molar-refractivity contribution in [1.29, 1.82) is 0 Å². The number of rotatable bonds is 3. The molecule has 24 bridgehead atoms. The molecule has 611 valence electrons. The predicted octanol–water partition coefficient (Wildman–Crippen LogP) is 15.7. The van der Waals surface area contributed by atoms with Gasteiger partial charge < -0.3 is 59.6 Å². The maximum atomic E-state index is 12.2. The van der Waals surface area contributed by atoms with Gasteiger partial charge in [-0.1, -0.05) is 273 Å². The molecule has 6 N–H and O–H groups in total. The summed E-state index contributed by atoms with van der Waals surface area (Å²) < 4.78 is 0. The van der Waals surface area contributed by atoms with Gasteiger partial charge in [-0.15, -0.1) is 0 Å². The third-order valence-corrected chi connectivity index (χ3v) is 23.4. The quantitative estimate of drug-likeness (QED) is 0.0895. The summed E-state index contributed by atoms with van der Waals surface area (Å²) in [5.41, 5.74) is 15.3. The predicted molar refractivity (Wildman–Crippen MR) is 481 cm³/mol. The smallest absolute Gasteiger partial charge is 0.545 e. The average Bonchev–Trinajstić information content (AvgIpc) is 1.60. The SMILES string of the molecule is O=C([O-])c1cccc2c3nc4nc(nc5[nH]c(nc6nc(nc([nH]3)c12)-c1ccccc1-6)c1ccccc51)-c1ccccc1-4.O=C([O-])c1cccc2c3nc4nc(nc5[nH]c(nc6nc(nc([nH]3)c12)-c1ccccc1-6)c1ccccc51)-c1ccccc1-4.O=C([O-])c1cccc2c3nc4nc(nc5[nH]c(nc6nc(nc([nH]3)c12)-c1ccccc1-6)c1ccccc51)-c1ccccc1-4.[Fe+3]. The largest absolute Gasteiger partial charge is 3.00 e. The van der Waals surface area contributed by atoms with E-state index in [1.807, 2.05) is 218 Å². The summed E-state index contributed by atoms with van der Waals surface area (Å²) in [7, 11) is 0. The first kappa shape index (κ1) is 75.4. The van der Waals surface area contributed by atoms with Gasteiger partial charge in [-0.3, -0.25) is 0 Å². The Morgan fingerprint density at radius 1 is 0.162 bits per heavy atom. The van der Waals surface area contributed by atoms with Gasteiger partial charge in [0.05, 0.1) is 17.9 Å². The summed E-state index contributed by atoms with van der Waals surface area (Å²) in [6.07, 6.45) is 0. The number of nitrogens with one attached hydrogen (secondary N) is 6. The molecular formula is C99H51FeN24O6. The number of aromatic amines is 6. The molecule has 1 radical (unpaired) electrons. The van der Waals surface area contributed by atoms with Crippen LogP contribution in [0.25, 0.3) is 269 Å². The van der Waals surface area contributed by atoms with Crippen LogP contribution in [0.1, 0.15) is 31.1 Å². The zero-order valence-electron chi connectivity index (χ0n) is 66.8. The zero-order valence-corrected chi connectivity index (χ0v) is 67.9. The molecule has 21 aromatic rings. The minimum atomic E-state index is -1.32. The monoisotopic (exact) mass is 1730 g/mol. The molecule has 6 aliphatic rings. The van der Waals surface area contributed by atoms with Gasteiger partial charge in [0, 0.05) is 148 Å². The fourth-order valence-electron chi connectivity index (χ4n) is 17.6. The van der Waals surface area contributed by atoms with Crippen molar-refractivity contribution in [2.24, 2.45) is 0 Å². The van der Waals surface area contributed by atoms with Crippen molar-refractivity contribution in [1.82, 2.24) is 120 Å². The van der Waals surface area contributed by atoms with Crippen LogP contribution in [0.3, 0.4) is 0 Å². The van der Waals surface area contributed by atoms with E-state index >= 15 is 0 Å². The van der Waals surface area contributed by atoms with Gasteiger partial charge in [-0.2, -0.15) is 0 Å². The van der Waals surface area contributed by atoms with Gasteiger partial charge in [-0.05, 0) is 0 Å². The first-order valence-electron chi connectivity index (χ1n) is 40.7. The van der Waals surface area contributed by atoms with E-state index in [1.165, 1.54) is 18.2 Å². The topological polar surface area (TPSA) is 447 Å². The number of carbonyl (C=O) groups is 3. The molecule has 0 saturated carbocycles. The number of H-pyrrole nitrogens is 6. The maximum Gasteiger partial charge on any atom is 3.00 e. The number of fused-ring (bicyclic) bond motifs is 60. The van der Waals surface area contributed by atoms with E-state index in [9.17, 15) is 29.7 Å².